The number of aryl methyl sites for hydroxylation is 1. The number of piperidine rings is 1. The second kappa shape index (κ2) is 11.4. The van der Waals surface area contributed by atoms with Crippen LogP contribution in [0, 0.1) is 17.2 Å². The highest BCUT2D eigenvalue weighted by molar-refractivity contribution is 5.95. The third kappa shape index (κ3) is 6.11. The number of carbonyl (C=O) groups excluding carboxylic acids is 1. The number of aromatic carboxylic acids is 1. The molecular formula is C29H36N6O5. The van der Waals surface area contributed by atoms with E-state index in [2.05, 4.69) is 16.0 Å². The van der Waals surface area contributed by atoms with Crippen molar-refractivity contribution >= 4 is 28.9 Å². The Hall–Kier alpha value is -4.33. The lowest BCUT2D eigenvalue weighted by Crippen LogP contribution is -2.39. The van der Waals surface area contributed by atoms with E-state index in [1.54, 1.807) is 41.8 Å². The highest BCUT2D eigenvalue weighted by Crippen LogP contribution is 2.32. The Morgan fingerprint density at radius 3 is 2.67 bits per heavy atom. The first kappa shape index (κ1) is 28.7. The maximum Gasteiger partial charge on any atom is 0.410 e. The second-order valence-corrected chi connectivity index (χ2v) is 11.3. The molecule has 11 nitrogen and oxygen atoms in total. The van der Waals surface area contributed by atoms with Crippen LogP contribution in [-0.4, -0.2) is 68.5 Å². The molecule has 1 N–H and O–H groups in total. The van der Waals surface area contributed by atoms with E-state index in [1.165, 1.54) is 10.6 Å². The Bertz CT molecular complexity index is 1530. The molecule has 0 bridgehead atoms. The normalized spacial score (nSPS) is 15.6. The van der Waals surface area contributed by atoms with Gasteiger partial charge >= 0.3 is 17.8 Å². The molecule has 1 fully saturated rings. The summed E-state index contributed by atoms with van der Waals surface area (Å²) in [6.07, 6.45) is 2.23. The molecule has 3 aromatic rings. The molecule has 0 saturated carbocycles. The quantitative estimate of drug-likeness (QED) is 0.471. The molecule has 40 heavy (non-hydrogen) atoms. The molecule has 1 atom stereocenters. The first-order valence-electron chi connectivity index (χ1n) is 13.4. The fraction of sp³-hybridized carbons (Fsp3) is 0.483. The number of benzene rings is 1. The number of rotatable bonds is 7. The Kier molecular flexibility index (Phi) is 8.18. The van der Waals surface area contributed by atoms with Crippen LogP contribution < -0.4 is 10.6 Å². The zero-order valence-corrected chi connectivity index (χ0v) is 23.7. The van der Waals surface area contributed by atoms with Crippen LogP contribution >= 0.6 is 0 Å². The van der Waals surface area contributed by atoms with Crippen LogP contribution in [0.2, 0.25) is 0 Å². The maximum absolute atomic E-state index is 13.4. The molecule has 11 heteroatoms. The molecule has 1 unspecified atom stereocenters. The third-order valence-corrected chi connectivity index (χ3v) is 7.18. The smallest absolute Gasteiger partial charge is 0.410 e. The minimum Gasteiger partial charge on any atom is -0.477 e. The fourth-order valence-electron chi connectivity index (χ4n) is 5.13. The number of carbonyl (C=O) groups is 2. The van der Waals surface area contributed by atoms with Crippen molar-refractivity contribution in [2.24, 2.45) is 13.0 Å². The van der Waals surface area contributed by atoms with Crippen molar-refractivity contribution < 1.29 is 19.4 Å². The van der Waals surface area contributed by atoms with Gasteiger partial charge in [-0.3, -0.25) is 9.13 Å². The number of carboxylic acid groups (broad SMARTS) is 1. The van der Waals surface area contributed by atoms with Gasteiger partial charge in [0.15, 0.2) is 11.3 Å². The number of nitriles is 1. The predicted molar refractivity (Wildman–Crippen MR) is 151 cm³/mol. The lowest BCUT2D eigenvalue weighted by Gasteiger charge is -2.35. The van der Waals surface area contributed by atoms with Gasteiger partial charge in [-0.1, -0.05) is 18.2 Å². The van der Waals surface area contributed by atoms with Gasteiger partial charge in [0.25, 0.3) is 0 Å². The van der Waals surface area contributed by atoms with Crippen LogP contribution in [-0.2, 0) is 18.3 Å². The van der Waals surface area contributed by atoms with Gasteiger partial charge in [-0.2, -0.15) is 5.26 Å². The minimum absolute atomic E-state index is 0.139. The van der Waals surface area contributed by atoms with Gasteiger partial charge in [0.1, 0.15) is 11.1 Å². The standard InChI is InChI=1S/C29H36N6O5/c1-29(2,3)40-28(39)32(4)14-12-19-9-8-13-34(17-19)23-15-22(26(36)37)31-25-24(23)35(27(38)33(25)5)18-21-11-7-6-10-20(21)16-30/h6-7,10-11,15,19H,8-9,12-14,17-18H2,1-5H3,(H,36,37). The van der Waals surface area contributed by atoms with Crippen molar-refractivity contribution in [1.29, 1.82) is 5.26 Å². The van der Waals surface area contributed by atoms with Crippen molar-refractivity contribution in [2.45, 2.75) is 52.2 Å². The van der Waals surface area contributed by atoms with E-state index in [4.69, 9.17) is 4.74 Å². The van der Waals surface area contributed by atoms with E-state index in [-0.39, 0.29) is 35.6 Å². The number of anilines is 1. The van der Waals surface area contributed by atoms with E-state index in [0.29, 0.717) is 42.0 Å². The minimum atomic E-state index is -1.18. The van der Waals surface area contributed by atoms with Gasteiger partial charge in [-0.25, -0.2) is 19.4 Å². The number of carboxylic acids is 1. The zero-order chi connectivity index (χ0) is 29.2. The molecule has 0 radical (unpaired) electrons. The van der Waals surface area contributed by atoms with Gasteiger partial charge in [0.05, 0.1) is 23.9 Å². The van der Waals surface area contributed by atoms with Crippen molar-refractivity contribution in [2.75, 3.05) is 31.6 Å². The second-order valence-electron chi connectivity index (χ2n) is 11.3. The summed E-state index contributed by atoms with van der Waals surface area (Å²) in [5.41, 5.74) is 1.55. The molecule has 2 aromatic heterocycles. The number of ether oxygens (including phenoxy) is 1. The summed E-state index contributed by atoms with van der Waals surface area (Å²) in [7, 11) is 3.30. The van der Waals surface area contributed by atoms with Crippen molar-refractivity contribution in [3.63, 3.8) is 0 Å². The molecule has 1 aliphatic rings. The van der Waals surface area contributed by atoms with Gasteiger partial charge in [-0.05, 0) is 63.6 Å². The monoisotopic (exact) mass is 548 g/mol. The molecule has 1 aliphatic heterocycles. The lowest BCUT2D eigenvalue weighted by atomic mass is 9.94. The van der Waals surface area contributed by atoms with E-state index >= 15 is 0 Å². The van der Waals surface area contributed by atoms with Gasteiger partial charge in [0.2, 0.25) is 0 Å². The van der Waals surface area contributed by atoms with E-state index in [1.807, 2.05) is 26.8 Å². The summed E-state index contributed by atoms with van der Waals surface area (Å²) in [5.74, 6) is -0.927. The molecule has 212 valence electrons. The van der Waals surface area contributed by atoms with E-state index in [0.717, 1.165) is 19.3 Å². The summed E-state index contributed by atoms with van der Waals surface area (Å²) >= 11 is 0. The lowest BCUT2D eigenvalue weighted by molar-refractivity contribution is 0.0289. The summed E-state index contributed by atoms with van der Waals surface area (Å²) in [6, 6.07) is 10.8. The molecular weight excluding hydrogens is 512 g/mol. The fourth-order valence-corrected chi connectivity index (χ4v) is 5.13. The van der Waals surface area contributed by atoms with E-state index < -0.39 is 11.6 Å². The van der Waals surface area contributed by atoms with Gasteiger partial charge in [0, 0.05) is 33.7 Å². The molecule has 1 amide bonds. The van der Waals surface area contributed by atoms with Crippen LogP contribution in [0.3, 0.4) is 0 Å². The summed E-state index contributed by atoms with van der Waals surface area (Å²) < 4.78 is 8.39. The number of nitrogens with zero attached hydrogens (tertiary/aromatic N) is 6. The number of amides is 1. The van der Waals surface area contributed by atoms with Crippen LogP contribution in [0.1, 0.15) is 61.6 Å². The molecule has 0 spiro atoms. The van der Waals surface area contributed by atoms with E-state index in [9.17, 15) is 24.8 Å². The average molecular weight is 549 g/mol. The van der Waals surface area contributed by atoms with Crippen LogP contribution in [0.15, 0.2) is 35.1 Å². The Morgan fingerprint density at radius 2 is 2.00 bits per heavy atom. The molecule has 1 aromatic carbocycles. The number of imidazole rings is 1. The van der Waals surface area contributed by atoms with Gasteiger partial charge in [-0.15, -0.1) is 0 Å². The summed E-state index contributed by atoms with van der Waals surface area (Å²) in [4.78, 5) is 45.8. The topological polar surface area (TPSA) is 134 Å². The van der Waals surface area contributed by atoms with Gasteiger partial charge < -0.3 is 19.6 Å². The van der Waals surface area contributed by atoms with Crippen LogP contribution in [0.25, 0.3) is 11.2 Å². The van der Waals surface area contributed by atoms with Crippen molar-refractivity contribution in [3.05, 3.63) is 57.6 Å². The van der Waals surface area contributed by atoms with Crippen molar-refractivity contribution in [3.8, 4) is 6.07 Å². The predicted octanol–water partition coefficient (Wildman–Crippen LogP) is 3.83. The molecule has 0 aliphatic carbocycles. The third-order valence-electron chi connectivity index (χ3n) is 7.18. The summed E-state index contributed by atoms with van der Waals surface area (Å²) in [6.45, 7) is 7.51. The first-order chi connectivity index (χ1) is 18.9. The van der Waals surface area contributed by atoms with Crippen LogP contribution in [0.5, 0.6) is 0 Å². The highest BCUT2D eigenvalue weighted by Gasteiger charge is 2.28. The average Bonchev–Trinajstić information content (AvgIpc) is 3.15. The largest absolute Gasteiger partial charge is 0.477 e. The number of fused-ring (bicyclic) bond motifs is 1. The first-order valence-corrected chi connectivity index (χ1v) is 13.4. The number of aromatic nitrogens is 3. The molecule has 4 rings (SSSR count). The van der Waals surface area contributed by atoms with Crippen molar-refractivity contribution in [1.82, 2.24) is 19.0 Å². The number of hydrogen-bond acceptors (Lipinski definition) is 7. The van der Waals surface area contributed by atoms with Crippen LogP contribution in [0.4, 0.5) is 10.5 Å². The number of hydrogen-bond donors (Lipinski definition) is 1. The Morgan fingerprint density at radius 1 is 1.27 bits per heavy atom. The maximum atomic E-state index is 13.4. The Balaban J connectivity index is 1.68. The SMILES string of the molecule is CN(CCC1CCCN(c2cc(C(=O)O)nc3c2n(Cc2ccccc2C#N)c(=O)n3C)C1)C(=O)OC(C)(C)C. The Labute approximate surface area is 233 Å². The number of pyridine rings is 1. The summed E-state index contributed by atoms with van der Waals surface area (Å²) in [5, 5.41) is 19.4. The molecule has 1 saturated heterocycles. The highest BCUT2D eigenvalue weighted by atomic mass is 16.6. The zero-order valence-electron chi connectivity index (χ0n) is 23.7. The molecule has 3 heterocycles.